The van der Waals surface area contributed by atoms with Crippen molar-refractivity contribution in [1.82, 2.24) is 4.57 Å². The third-order valence-corrected chi connectivity index (χ3v) is 4.59. The van der Waals surface area contributed by atoms with E-state index in [1.807, 2.05) is 48.5 Å². The average molecular weight is 340 g/mol. The number of hydrogen-bond acceptors (Lipinski definition) is 3. The normalized spacial score (nSPS) is 13.8. The number of nitrogens with two attached hydrogens (primary N) is 1. The topological polar surface area (TPSA) is 106 Å². The number of nitrogens with zero attached hydrogens (tertiary/aromatic N) is 1. The van der Waals surface area contributed by atoms with Crippen LogP contribution in [0.3, 0.4) is 0 Å². The van der Waals surface area contributed by atoms with E-state index in [1.54, 1.807) is 0 Å². The Kier molecular flexibility index (Phi) is 4.72. The van der Waals surface area contributed by atoms with Gasteiger partial charge in [-0.1, -0.05) is 36.4 Å². The molecule has 25 heavy (non-hydrogen) atoms. The van der Waals surface area contributed by atoms with Gasteiger partial charge in [0.1, 0.15) is 6.04 Å². The van der Waals surface area contributed by atoms with Gasteiger partial charge >= 0.3 is 11.9 Å². The van der Waals surface area contributed by atoms with Gasteiger partial charge in [-0.25, -0.2) is 0 Å². The van der Waals surface area contributed by atoms with Gasteiger partial charge < -0.3 is 20.5 Å². The first-order valence-electron chi connectivity index (χ1n) is 8.16. The molecule has 1 heterocycles. The van der Waals surface area contributed by atoms with Crippen molar-refractivity contribution < 1.29 is 19.8 Å². The van der Waals surface area contributed by atoms with Crippen molar-refractivity contribution in [3.63, 3.8) is 0 Å². The molecule has 0 aliphatic heterocycles. The molecule has 2 atom stereocenters. The molecule has 0 aliphatic rings. The number of aliphatic carboxylic acids is 2. The highest BCUT2D eigenvalue weighted by Gasteiger charge is 2.24. The molecule has 6 nitrogen and oxygen atoms in total. The molecule has 1 unspecified atom stereocenters. The Balaban J connectivity index is 1.91. The van der Waals surface area contributed by atoms with Crippen molar-refractivity contribution >= 4 is 33.7 Å². The number of aryl methyl sites for hydroxylation is 1. The summed E-state index contributed by atoms with van der Waals surface area (Å²) in [5, 5.41) is 20.6. The van der Waals surface area contributed by atoms with Crippen molar-refractivity contribution in [3.8, 4) is 0 Å². The summed E-state index contributed by atoms with van der Waals surface area (Å²) in [5.41, 5.74) is 7.59. The van der Waals surface area contributed by atoms with E-state index in [-0.39, 0.29) is 6.42 Å². The maximum Gasteiger partial charge on any atom is 0.320 e. The van der Waals surface area contributed by atoms with E-state index in [2.05, 4.69) is 4.57 Å². The second-order valence-electron chi connectivity index (χ2n) is 6.19. The zero-order valence-electron chi connectivity index (χ0n) is 13.6. The van der Waals surface area contributed by atoms with Crippen molar-refractivity contribution in [2.24, 2.45) is 11.7 Å². The summed E-state index contributed by atoms with van der Waals surface area (Å²) in [6, 6.07) is 14.8. The van der Waals surface area contributed by atoms with Crippen LogP contribution in [-0.4, -0.2) is 32.8 Å². The molecule has 2 aromatic carbocycles. The van der Waals surface area contributed by atoms with Crippen LogP contribution in [-0.2, 0) is 16.1 Å². The lowest BCUT2D eigenvalue weighted by Gasteiger charge is -2.16. The molecule has 0 radical (unpaired) electrons. The minimum Gasteiger partial charge on any atom is -0.481 e. The van der Waals surface area contributed by atoms with Gasteiger partial charge in [-0.2, -0.15) is 0 Å². The summed E-state index contributed by atoms with van der Waals surface area (Å²) in [6.45, 7) is 0.483. The minimum atomic E-state index is -1.18. The number of carbonyl (C=O) groups is 2. The van der Waals surface area contributed by atoms with Crippen LogP contribution in [0.15, 0.2) is 48.5 Å². The van der Waals surface area contributed by atoms with E-state index in [9.17, 15) is 14.7 Å². The highest BCUT2D eigenvalue weighted by molar-refractivity contribution is 6.07. The Morgan fingerprint density at radius 3 is 1.92 bits per heavy atom. The minimum absolute atomic E-state index is 0.0815. The molecule has 0 saturated heterocycles. The molecule has 0 spiro atoms. The molecule has 0 saturated carbocycles. The Morgan fingerprint density at radius 1 is 0.920 bits per heavy atom. The Bertz CT molecular complexity index is 878. The molecule has 0 fully saturated rings. The number of para-hydroxylation sites is 2. The quantitative estimate of drug-likeness (QED) is 0.613. The maximum atomic E-state index is 11.5. The molecule has 4 N–H and O–H groups in total. The second-order valence-corrected chi connectivity index (χ2v) is 6.19. The van der Waals surface area contributed by atoms with Crippen molar-refractivity contribution in [1.29, 1.82) is 0 Å². The van der Waals surface area contributed by atoms with Gasteiger partial charge in [0.15, 0.2) is 0 Å². The van der Waals surface area contributed by atoms with E-state index >= 15 is 0 Å². The van der Waals surface area contributed by atoms with E-state index in [0.29, 0.717) is 13.0 Å². The fourth-order valence-electron chi connectivity index (χ4n) is 3.28. The van der Waals surface area contributed by atoms with Gasteiger partial charge in [0.2, 0.25) is 0 Å². The van der Waals surface area contributed by atoms with Crippen LogP contribution >= 0.6 is 0 Å². The number of carboxylic acids is 2. The second kappa shape index (κ2) is 6.94. The number of aromatic nitrogens is 1. The third kappa shape index (κ3) is 3.34. The molecule has 1 aromatic heterocycles. The van der Waals surface area contributed by atoms with Crippen molar-refractivity contribution in [3.05, 3.63) is 48.5 Å². The first-order chi connectivity index (χ1) is 12.0. The van der Waals surface area contributed by atoms with Crippen molar-refractivity contribution in [2.75, 3.05) is 0 Å². The maximum absolute atomic E-state index is 11.5. The summed E-state index contributed by atoms with van der Waals surface area (Å²) in [4.78, 5) is 22.4. The largest absolute Gasteiger partial charge is 0.481 e. The highest BCUT2D eigenvalue weighted by atomic mass is 16.4. The van der Waals surface area contributed by atoms with Crippen molar-refractivity contribution in [2.45, 2.75) is 25.4 Å². The van der Waals surface area contributed by atoms with Crippen LogP contribution in [0.4, 0.5) is 0 Å². The molecule has 6 heteroatoms. The van der Waals surface area contributed by atoms with Gasteiger partial charge in [-0.3, -0.25) is 9.59 Å². The molecule has 3 aromatic rings. The van der Waals surface area contributed by atoms with Crippen LogP contribution in [0, 0.1) is 5.92 Å². The number of fused-ring (bicyclic) bond motifs is 3. The van der Waals surface area contributed by atoms with E-state index < -0.39 is 23.9 Å². The lowest BCUT2D eigenvalue weighted by molar-refractivity contribution is -0.143. The van der Waals surface area contributed by atoms with E-state index in [0.717, 1.165) is 21.8 Å². The van der Waals surface area contributed by atoms with Crippen LogP contribution in [0.5, 0.6) is 0 Å². The van der Waals surface area contributed by atoms with Crippen LogP contribution in [0.25, 0.3) is 21.8 Å². The molecule has 3 rings (SSSR count). The highest BCUT2D eigenvalue weighted by Crippen LogP contribution is 2.29. The summed E-state index contributed by atoms with van der Waals surface area (Å²) >= 11 is 0. The predicted molar refractivity (Wildman–Crippen MR) is 95.4 cm³/mol. The summed E-state index contributed by atoms with van der Waals surface area (Å²) in [5.74, 6) is -2.99. The Labute approximate surface area is 144 Å². The smallest absolute Gasteiger partial charge is 0.320 e. The third-order valence-electron chi connectivity index (χ3n) is 4.59. The molecule has 130 valence electrons. The molecule has 0 amide bonds. The van der Waals surface area contributed by atoms with E-state index in [4.69, 9.17) is 10.8 Å². The lowest BCUT2D eigenvalue weighted by atomic mass is 9.97. The van der Waals surface area contributed by atoms with Crippen LogP contribution < -0.4 is 5.73 Å². The Hall–Kier alpha value is -2.86. The monoisotopic (exact) mass is 340 g/mol. The summed E-state index contributed by atoms with van der Waals surface area (Å²) in [6.07, 6.45) is 0.237. The molecule has 0 bridgehead atoms. The standard InChI is InChI=1S/C19H20N2O4/c20-15(19(24)25)11-12(18(22)23)9-10-21-16-7-3-1-5-13(16)14-6-2-4-8-17(14)21/h1-8,12,15H,9-11,20H2,(H,22,23)(H,24,25)/t12?,15-/m0/s1. The van der Waals surface area contributed by atoms with Gasteiger partial charge in [-0.15, -0.1) is 0 Å². The van der Waals surface area contributed by atoms with Gasteiger partial charge in [0.05, 0.1) is 5.92 Å². The Morgan fingerprint density at radius 2 is 1.44 bits per heavy atom. The van der Waals surface area contributed by atoms with Gasteiger partial charge in [-0.05, 0) is 25.0 Å². The van der Waals surface area contributed by atoms with Gasteiger partial charge in [0, 0.05) is 28.4 Å². The molecular formula is C19H20N2O4. The average Bonchev–Trinajstić information content (AvgIpc) is 2.92. The fraction of sp³-hybridized carbons (Fsp3) is 0.263. The number of carboxylic acid groups (broad SMARTS) is 2. The molecular weight excluding hydrogens is 320 g/mol. The van der Waals surface area contributed by atoms with Gasteiger partial charge in [0.25, 0.3) is 0 Å². The summed E-state index contributed by atoms with van der Waals surface area (Å²) < 4.78 is 2.09. The predicted octanol–water partition coefficient (Wildman–Crippen LogP) is 2.69. The van der Waals surface area contributed by atoms with Crippen LogP contribution in [0.1, 0.15) is 12.8 Å². The molecule has 0 aliphatic carbocycles. The van der Waals surface area contributed by atoms with Crippen LogP contribution in [0.2, 0.25) is 0 Å². The zero-order chi connectivity index (χ0) is 18.0. The fourth-order valence-corrected chi connectivity index (χ4v) is 3.28. The SMILES string of the molecule is N[C@@H](CC(CCn1c2ccccc2c2ccccc21)C(=O)O)C(=O)O. The number of rotatable bonds is 7. The first-order valence-corrected chi connectivity index (χ1v) is 8.16. The zero-order valence-corrected chi connectivity index (χ0v) is 13.6. The number of hydrogen-bond donors (Lipinski definition) is 3. The summed E-state index contributed by atoms with van der Waals surface area (Å²) in [7, 11) is 0. The lowest BCUT2D eigenvalue weighted by Crippen LogP contribution is -2.34. The number of benzene rings is 2. The first kappa shape index (κ1) is 17.0. The van der Waals surface area contributed by atoms with E-state index in [1.165, 1.54) is 0 Å².